The largest absolute Gasteiger partial charge is 0.299 e. The zero-order chi connectivity index (χ0) is 11.1. The van der Waals surface area contributed by atoms with Gasteiger partial charge in [0.25, 0.3) is 0 Å². The van der Waals surface area contributed by atoms with E-state index in [4.69, 9.17) is 0 Å². The lowest BCUT2D eigenvalue weighted by Crippen LogP contribution is -2.23. The normalized spacial score (nSPS) is 10.6. The van der Waals surface area contributed by atoms with Gasteiger partial charge in [-0.3, -0.25) is 4.90 Å². The molecule has 0 fully saturated rings. The van der Waals surface area contributed by atoms with Crippen LogP contribution in [0.2, 0.25) is 0 Å². The van der Waals surface area contributed by atoms with Gasteiger partial charge < -0.3 is 0 Å². The summed E-state index contributed by atoms with van der Waals surface area (Å²) < 4.78 is 0. The van der Waals surface area contributed by atoms with Gasteiger partial charge in [-0.05, 0) is 30.6 Å². The summed E-state index contributed by atoms with van der Waals surface area (Å²) in [5.41, 5.74) is 2.59. The van der Waals surface area contributed by atoms with Gasteiger partial charge in [0, 0.05) is 6.54 Å². The molecule has 0 radical (unpaired) electrons. The maximum absolute atomic E-state index is 3.79. The van der Waals surface area contributed by atoms with Crippen molar-refractivity contribution in [2.75, 3.05) is 13.1 Å². The third-order valence-corrected chi connectivity index (χ3v) is 2.58. The SMILES string of the molecule is C=Cc1cccc(CN(CC)CCC)c1. The molecule has 1 aromatic rings. The molecule has 0 N–H and O–H groups in total. The molecule has 0 aliphatic rings. The Morgan fingerprint density at radius 2 is 2.13 bits per heavy atom. The molecule has 1 heteroatoms. The molecule has 0 unspecified atom stereocenters. The second-order valence-electron chi connectivity index (χ2n) is 3.82. The van der Waals surface area contributed by atoms with Crippen LogP contribution in [0.5, 0.6) is 0 Å². The summed E-state index contributed by atoms with van der Waals surface area (Å²) in [5, 5.41) is 0. The lowest BCUT2D eigenvalue weighted by atomic mass is 10.1. The van der Waals surface area contributed by atoms with E-state index in [-0.39, 0.29) is 0 Å². The molecule has 15 heavy (non-hydrogen) atoms. The van der Waals surface area contributed by atoms with E-state index >= 15 is 0 Å². The Bertz CT molecular complexity index is 304. The highest BCUT2D eigenvalue weighted by Crippen LogP contribution is 2.09. The first kappa shape index (κ1) is 12.0. The summed E-state index contributed by atoms with van der Waals surface area (Å²) in [7, 11) is 0. The van der Waals surface area contributed by atoms with Crippen LogP contribution in [0.3, 0.4) is 0 Å². The molecule has 0 saturated heterocycles. The minimum atomic E-state index is 1.05. The van der Waals surface area contributed by atoms with Crippen LogP contribution in [0.1, 0.15) is 31.4 Å². The molecule has 1 rings (SSSR count). The average Bonchev–Trinajstić information content (AvgIpc) is 2.29. The van der Waals surface area contributed by atoms with E-state index in [1.165, 1.54) is 24.1 Å². The third kappa shape index (κ3) is 3.88. The first-order valence-corrected chi connectivity index (χ1v) is 5.73. The van der Waals surface area contributed by atoms with Gasteiger partial charge in [-0.1, -0.05) is 50.8 Å². The molecule has 0 aliphatic heterocycles. The molecule has 82 valence electrons. The maximum Gasteiger partial charge on any atom is 0.0233 e. The predicted octanol–water partition coefficient (Wildman–Crippen LogP) is 3.56. The predicted molar refractivity (Wildman–Crippen MR) is 67.8 cm³/mol. The van der Waals surface area contributed by atoms with Gasteiger partial charge in [-0.15, -0.1) is 0 Å². The van der Waals surface area contributed by atoms with Crippen molar-refractivity contribution in [2.45, 2.75) is 26.8 Å². The molecule has 0 saturated carbocycles. The van der Waals surface area contributed by atoms with Crippen LogP contribution >= 0.6 is 0 Å². The van der Waals surface area contributed by atoms with Crippen LogP contribution in [0.25, 0.3) is 6.08 Å². The number of rotatable bonds is 6. The Morgan fingerprint density at radius 1 is 1.33 bits per heavy atom. The fourth-order valence-corrected chi connectivity index (χ4v) is 1.74. The molecule has 0 aromatic heterocycles. The van der Waals surface area contributed by atoms with E-state index in [0.717, 1.165) is 13.1 Å². The van der Waals surface area contributed by atoms with E-state index in [9.17, 15) is 0 Å². The Labute approximate surface area is 93.4 Å². The van der Waals surface area contributed by atoms with Crippen LogP contribution < -0.4 is 0 Å². The fourth-order valence-electron chi connectivity index (χ4n) is 1.74. The lowest BCUT2D eigenvalue weighted by Gasteiger charge is -2.19. The van der Waals surface area contributed by atoms with Crippen molar-refractivity contribution in [3.8, 4) is 0 Å². The topological polar surface area (TPSA) is 3.24 Å². The summed E-state index contributed by atoms with van der Waals surface area (Å²) in [6, 6.07) is 8.59. The van der Waals surface area contributed by atoms with Crippen LogP contribution in [0, 0.1) is 0 Å². The van der Waals surface area contributed by atoms with Gasteiger partial charge in [0.05, 0.1) is 0 Å². The highest BCUT2D eigenvalue weighted by Gasteiger charge is 2.02. The third-order valence-electron chi connectivity index (χ3n) is 2.58. The van der Waals surface area contributed by atoms with Gasteiger partial charge in [0.1, 0.15) is 0 Å². The second kappa shape index (κ2) is 6.41. The van der Waals surface area contributed by atoms with Crippen molar-refractivity contribution in [2.24, 2.45) is 0 Å². The van der Waals surface area contributed by atoms with Crippen LogP contribution in [0.4, 0.5) is 0 Å². The Kier molecular flexibility index (Phi) is 5.13. The molecule has 0 spiro atoms. The highest BCUT2D eigenvalue weighted by atomic mass is 15.1. The highest BCUT2D eigenvalue weighted by molar-refractivity contribution is 5.47. The molecule has 0 aliphatic carbocycles. The van der Waals surface area contributed by atoms with Gasteiger partial charge in [0.15, 0.2) is 0 Å². The number of benzene rings is 1. The summed E-state index contributed by atoms with van der Waals surface area (Å²) >= 11 is 0. The van der Waals surface area contributed by atoms with Crippen LogP contribution in [-0.4, -0.2) is 18.0 Å². The van der Waals surface area contributed by atoms with Crippen molar-refractivity contribution in [3.05, 3.63) is 42.0 Å². The van der Waals surface area contributed by atoms with E-state index in [0.29, 0.717) is 0 Å². The van der Waals surface area contributed by atoms with E-state index in [2.05, 4.69) is 49.6 Å². The molecule has 0 heterocycles. The van der Waals surface area contributed by atoms with Crippen molar-refractivity contribution in [3.63, 3.8) is 0 Å². The van der Waals surface area contributed by atoms with Gasteiger partial charge in [-0.2, -0.15) is 0 Å². The zero-order valence-electron chi connectivity index (χ0n) is 9.87. The Hall–Kier alpha value is -1.08. The van der Waals surface area contributed by atoms with Crippen molar-refractivity contribution in [1.82, 2.24) is 4.90 Å². The molecule has 1 aromatic carbocycles. The molecule has 1 nitrogen and oxygen atoms in total. The quantitative estimate of drug-likeness (QED) is 0.683. The minimum Gasteiger partial charge on any atom is -0.299 e. The first-order chi connectivity index (χ1) is 7.30. The summed E-state index contributed by atoms with van der Waals surface area (Å²) in [6.45, 7) is 11.6. The smallest absolute Gasteiger partial charge is 0.0233 e. The lowest BCUT2D eigenvalue weighted by molar-refractivity contribution is 0.280. The molecular weight excluding hydrogens is 182 g/mol. The van der Waals surface area contributed by atoms with Gasteiger partial charge >= 0.3 is 0 Å². The Balaban J connectivity index is 2.65. The first-order valence-electron chi connectivity index (χ1n) is 5.73. The number of hydrogen-bond acceptors (Lipinski definition) is 1. The molecule has 0 bridgehead atoms. The molecule has 0 atom stereocenters. The van der Waals surface area contributed by atoms with Gasteiger partial charge in [-0.25, -0.2) is 0 Å². The van der Waals surface area contributed by atoms with Crippen molar-refractivity contribution in [1.29, 1.82) is 0 Å². The van der Waals surface area contributed by atoms with Crippen LogP contribution in [0.15, 0.2) is 30.8 Å². The molecular formula is C14H21N. The monoisotopic (exact) mass is 203 g/mol. The maximum atomic E-state index is 3.79. The second-order valence-corrected chi connectivity index (χ2v) is 3.82. The molecule has 0 amide bonds. The summed E-state index contributed by atoms with van der Waals surface area (Å²) in [6.07, 6.45) is 3.12. The van der Waals surface area contributed by atoms with Crippen LogP contribution in [-0.2, 0) is 6.54 Å². The number of hydrogen-bond donors (Lipinski definition) is 0. The summed E-state index contributed by atoms with van der Waals surface area (Å²) in [5.74, 6) is 0. The fraction of sp³-hybridized carbons (Fsp3) is 0.429. The zero-order valence-corrected chi connectivity index (χ0v) is 9.87. The average molecular weight is 203 g/mol. The van der Waals surface area contributed by atoms with E-state index in [1.807, 2.05) is 6.08 Å². The van der Waals surface area contributed by atoms with Crippen molar-refractivity contribution < 1.29 is 0 Å². The van der Waals surface area contributed by atoms with Gasteiger partial charge in [0.2, 0.25) is 0 Å². The van der Waals surface area contributed by atoms with E-state index < -0.39 is 0 Å². The van der Waals surface area contributed by atoms with Crippen molar-refractivity contribution >= 4 is 6.08 Å². The van der Waals surface area contributed by atoms with E-state index in [1.54, 1.807) is 0 Å². The standard InChI is InChI=1S/C14H21N/c1-4-10-15(6-3)12-14-9-7-8-13(5-2)11-14/h5,7-9,11H,2,4,6,10,12H2,1,3H3. The minimum absolute atomic E-state index is 1.05. The Morgan fingerprint density at radius 3 is 2.73 bits per heavy atom. The number of nitrogens with zero attached hydrogens (tertiary/aromatic N) is 1. The summed E-state index contributed by atoms with van der Waals surface area (Å²) in [4.78, 5) is 2.46.